The Bertz CT molecular complexity index is 528. The van der Waals surface area contributed by atoms with Crippen molar-refractivity contribution in [2.75, 3.05) is 31.1 Å². The summed E-state index contributed by atoms with van der Waals surface area (Å²) in [6.07, 6.45) is 6.28. The third-order valence-electron chi connectivity index (χ3n) is 4.36. The molecule has 1 aromatic carbocycles. The number of benzene rings is 1. The second-order valence-electron chi connectivity index (χ2n) is 5.82. The van der Waals surface area contributed by atoms with Crippen molar-refractivity contribution in [1.29, 1.82) is 0 Å². The van der Waals surface area contributed by atoms with Crippen molar-refractivity contribution >= 4 is 11.6 Å². The fourth-order valence-electron chi connectivity index (χ4n) is 3.08. The number of allylic oxidation sites excluding steroid dienone is 1. The number of piperazine rings is 1. The molecule has 2 aliphatic rings. The number of nitrogens with zero attached hydrogens (tertiary/aromatic N) is 2. The highest BCUT2D eigenvalue weighted by Crippen LogP contribution is 2.23. The molecule has 1 saturated heterocycles. The minimum Gasteiger partial charge on any atom is -0.508 e. The van der Waals surface area contributed by atoms with Gasteiger partial charge >= 0.3 is 0 Å². The van der Waals surface area contributed by atoms with Crippen LogP contribution in [0.1, 0.15) is 25.7 Å². The number of hydrogen-bond donors (Lipinski definition) is 1. The molecular weight excluding hydrogens is 264 g/mol. The molecule has 0 spiro atoms. The molecule has 1 amide bonds. The fraction of sp³-hybridized carbons (Fsp3) is 0.471. The van der Waals surface area contributed by atoms with Crippen molar-refractivity contribution in [2.24, 2.45) is 0 Å². The van der Waals surface area contributed by atoms with Gasteiger partial charge in [-0.15, -0.1) is 0 Å². The molecule has 0 unspecified atom stereocenters. The number of hydrogen-bond acceptors (Lipinski definition) is 3. The maximum Gasteiger partial charge on any atom is 0.226 e. The van der Waals surface area contributed by atoms with Crippen LogP contribution in [0.3, 0.4) is 0 Å². The van der Waals surface area contributed by atoms with E-state index in [9.17, 15) is 9.90 Å². The highest BCUT2D eigenvalue weighted by Gasteiger charge is 2.22. The minimum atomic E-state index is 0.272. The molecule has 0 saturated carbocycles. The average Bonchev–Trinajstić information content (AvgIpc) is 3.01. The van der Waals surface area contributed by atoms with E-state index in [1.165, 1.54) is 12.0 Å². The van der Waals surface area contributed by atoms with Gasteiger partial charge in [-0.25, -0.2) is 0 Å². The van der Waals surface area contributed by atoms with E-state index in [1.807, 2.05) is 17.0 Å². The largest absolute Gasteiger partial charge is 0.508 e. The number of carbonyl (C=O) groups excluding carboxylic acids is 1. The van der Waals surface area contributed by atoms with Crippen LogP contribution in [0.4, 0.5) is 5.69 Å². The van der Waals surface area contributed by atoms with Crippen LogP contribution >= 0.6 is 0 Å². The first kappa shape index (κ1) is 14.0. The molecule has 1 aliphatic heterocycles. The van der Waals surface area contributed by atoms with Crippen molar-refractivity contribution in [2.45, 2.75) is 25.7 Å². The molecule has 1 aliphatic carbocycles. The number of anilines is 1. The van der Waals surface area contributed by atoms with Crippen LogP contribution in [-0.2, 0) is 4.79 Å². The number of rotatable bonds is 3. The number of amides is 1. The zero-order valence-corrected chi connectivity index (χ0v) is 12.3. The van der Waals surface area contributed by atoms with Crippen molar-refractivity contribution in [3.63, 3.8) is 0 Å². The lowest BCUT2D eigenvalue weighted by atomic mass is 10.1. The minimum absolute atomic E-state index is 0.272. The molecule has 0 atom stereocenters. The highest BCUT2D eigenvalue weighted by atomic mass is 16.3. The average molecular weight is 286 g/mol. The first-order valence-electron chi connectivity index (χ1n) is 7.72. The summed E-state index contributed by atoms with van der Waals surface area (Å²) >= 11 is 0. The zero-order chi connectivity index (χ0) is 14.7. The van der Waals surface area contributed by atoms with E-state index in [0.29, 0.717) is 6.42 Å². The second kappa shape index (κ2) is 6.20. The molecule has 21 heavy (non-hydrogen) atoms. The zero-order valence-electron chi connectivity index (χ0n) is 12.3. The van der Waals surface area contributed by atoms with E-state index in [-0.39, 0.29) is 11.7 Å². The standard InChI is InChI=1S/C17H22N2O2/c20-16-7-5-15(6-8-16)18-9-11-19(12-10-18)17(21)13-14-3-1-2-4-14/h3,5-8,20H,1-2,4,9-13H2. The number of phenolic OH excluding ortho intramolecular Hbond substituents is 1. The molecular formula is C17H22N2O2. The first-order chi connectivity index (χ1) is 10.2. The lowest BCUT2D eigenvalue weighted by molar-refractivity contribution is -0.130. The summed E-state index contributed by atoms with van der Waals surface area (Å²) in [5, 5.41) is 9.33. The van der Waals surface area contributed by atoms with Crippen molar-refractivity contribution in [3.8, 4) is 5.75 Å². The Labute approximate surface area is 125 Å². The number of aromatic hydroxyl groups is 1. The molecule has 1 heterocycles. The van der Waals surface area contributed by atoms with Crippen LogP contribution < -0.4 is 4.90 Å². The van der Waals surface area contributed by atoms with Crippen molar-refractivity contribution < 1.29 is 9.90 Å². The van der Waals surface area contributed by atoms with Gasteiger partial charge in [-0.05, 0) is 43.5 Å². The predicted octanol–water partition coefficient (Wildman–Crippen LogP) is 2.54. The monoisotopic (exact) mass is 286 g/mol. The van der Waals surface area contributed by atoms with Gasteiger partial charge in [-0.2, -0.15) is 0 Å². The van der Waals surface area contributed by atoms with E-state index in [4.69, 9.17) is 0 Å². The summed E-state index contributed by atoms with van der Waals surface area (Å²) in [5.41, 5.74) is 2.43. The first-order valence-corrected chi connectivity index (χ1v) is 7.72. The molecule has 1 N–H and O–H groups in total. The van der Waals surface area contributed by atoms with Crippen LogP contribution in [0.15, 0.2) is 35.9 Å². The lowest BCUT2D eigenvalue weighted by Crippen LogP contribution is -2.48. The van der Waals surface area contributed by atoms with Crippen LogP contribution in [-0.4, -0.2) is 42.1 Å². The Morgan fingerprint density at radius 2 is 1.81 bits per heavy atom. The molecule has 0 aromatic heterocycles. The third-order valence-corrected chi connectivity index (χ3v) is 4.36. The van der Waals surface area contributed by atoms with Gasteiger partial charge in [0.2, 0.25) is 5.91 Å². The molecule has 112 valence electrons. The van der Waals surface area contributed by atoms with Gasteiger partial charge in [0.05, 0.1) is 0 Å². The smallest absolute Gasteiger partial charge is 0.226 e. The van der Waals surface area contributed by atoms with Gasteiger partial charge in [0.1, 0.15) is 5.75 Å². The maximum absolute atomic E-state index is 12.3. The number of carbonyl (C=O) groups is 1. The summed E-state index contributed by atoms with van der Waals surface area (Å²) < 4.78 is 0. The maximum atomic E-state index is 12.3. The number of phenols is 1. The van der Waals surface area contributed by atoms with E-state index in [2.05, 4.69) is 11.0 Å². The summed E-state index contributed by atoms with van der Waals surface area (Å²) in [4.78, 5) is 16.5. The Balaban J connectivity index is 1.52. The van der Waals surface area contributed by atoms with Crippen LogP contribution in [0.2, 0.25) is 0 Å². The Morgan fingerprint density at radius 3 is 2.43 bits per heavy atom. The quantitative estimate of drug-likeness (QED) is 0.868. The Morgan fingerprint density at radius 1 is 1.10 bits per heavy atom. The predicted molar refractivity (Wildman–Crippen MR) is 83.5 cm³/mol. The Kier molecular flexibility index (Phi) is 4.13. The SMILES string of the molecule is O=C(CC1=CCCC1)N1CCN(c2ccc(O)cc2)CC1. The molecule has 1 fully saturated rings. The van der Waals surface area contributed by atoms with Crippen molar-refractivity contribution in [3.05, 3.63) is 35.9 Å². The molecule has 0 radical (unpaired) electrons. The fourth-order valence-corrected chi connectivity index (χ4v) is 3.08. The van der Waals surface area contributed by atoms with Gasteiger partial charge in [0.15, 0.2) is 0 Å². The Hall–Kier alpha value is -1.97. The van der Waals surface area contributed by atoms with Gasteiger partial charge in [0.25, 0.3) is 0 Å². The van der Waals surface area contributed by atoms with Gasteiger partial charge < -0.3 is 14.9 Å². The molecule has 4 nitrogen and oxygen atoms in total. The van der Waals surface area contributed by atoms with Crippen LogP contribution in [0.25, 0.3) is 0 Å². The third kappa shape index (κ3) is 3.38. The van der Waals surface area contributed by atoms with E-state index < -0.39 is 0 Å². The molecule has 4 heteroatoms. The summed E-state index contributed by atoms with van der Waals surface area (Å²) in [6, 6.07) is 7.27. The normalized spacial score (nSPS) is 18.8. The molecule has 1 aromatic rings. The van der Waals surface area contributed by atoms with Crippen LogP contribution in [0.5, 0.6) is 5.75 Å². The van der Waals surface area contributed by atoms with Gasteiger partial charge in [0, 0.05) is 38.3 Å². The lowest BCUT2D eigenvalue weighted by Gasteiger charge is -2.36. The molecule has 3 rings (SSSR count). The van der Waals surface area contributed by atoms with E-state index in [1.54, 1.807) is 12.1 Å². The van der Waals surface area contributed by atoms with Gasteiger partial charge in [-0.1, -0.05) is 11.6 Å². The van der Waals surface area contributed by atoms with E-state index >= 15 is 0 Å². The highest BCUT2D eigenvalue weighted by molar-refractivity contribution is 5.79. The second-order valence-corrected chi connectivity index (χ2v) is 5.82. The topological polar surface area (TPSA) is 43.8 Å². The summed E-state index contributed by atoms with van der Waals surface area (Å²) in [5.74, 6) is 0.561. The van der Waals surface area contributed by atoms with E-state index in [0.717, 1.165) is 44.7 Å². The summed E-state index contributed by atoms with van der Waals surface area (Å²) in [7, 11) is 0. The van der Waals surface area contributed by atoms with Crippen molar-refractivity contribution in [1.82, 2.24) is 4.90 Å². The summed E-state index contributed by atoms with van der Waals surface area (Å²) in [6.45, 7) is 3.28. The molecule has 0 bridgehead atoms. The van der Waals surface area contributed by atoms with Crippen LogP contribution in [0, 0.1) is 0 Å². The van der Waals surface area contributed by atoms with Gasteiger partial charge in [-0.3, -0.25) is 4.79 Å².